The molecule has 3 heteroatoms. The number of nitrogens with one attached hydrogen (secondary N) is 1. The summed E-state index contributed by atoms with van der Waals surface area (Å²) in [6, 6.07) is 8.66. The first-order chi connectivity index (χ1) is 9.69. The molecule has 2 unspecified atom stereocenters. The van der Waals surface area contributed by atoms with Crippen molar-refractivity contribution in [1.29, 1.82) is 0 Å². The monoisotopic (exact) mass is 272 g/mol. The van der Waals surface area contributed by atoms with Crippen molar-refractivity contribution in [3.05, 3.63) is 42.2 Å². The Kier molecular flexibility index (Phi) is 5.10. The van der Waals surface area contributed by atoms with Gasteiger partial charge in [-0.05, 0) is 29.5 Å². The lowest BCUT2D eigenvalue weighted by Gasteiger charge is -2.30. The summed E-state index contributed by atoms with van der Waals surface area (Å²) in [7, 11) is 1.79. The van der Waals surface area contributed by atoms with E-state index in [-0.39, 0.29) is 12.1 Å². The number of likely N-dealkylation sites (N-methyl/N-ethyl adjacent to an activating group) is 1. The molecular formula is C17H24N2O. The van der Waals surface area contributed by atoms with Crippen molar-refractivity contribution < 1.29 is 4.74 Å². The molecule has 2 atom stereocenters. The quantitative estimate of drug-likeness (QED) is 0.873. The smallest absolute Gasteiger partial charge is 0.0788 e. The molecule has 0 radical (unpaired) electrons. The van der Waals surface area contributed by atoms with Crippen molar-refractivity contribution in [3.8, 4) is 0 Å². The van der Waals surface area contributed by atoms with Gasteiger partial charge in [0, 0.05) is 24.9 Å². The molecule has 0 aliphatic carbocycles. The molecule has 2 aromatic rings. The van der Waals surface area contributed by atoms with Crippen molar-refractivity contribution in [1.82, 2.24) is 10.3 Å². The summed E-state index contributed by atoms with van der Waals surface area (Å²) in [4.78, 5) is 4.21. The van der Waals surface area contributed by atoms with Gasteiger partial charge >= 0.3 is 0 Å². The van der Waals surface area contributed by atoms with Gasteiger partial charge in [-0.25, -0.2) is 0 Å². The third-order valence-corrected chi connectivity index (χ3v) is 3.73. The Morgan fingerprint density at radius 3 is 2.70 bits per heavy atom. The van der Waals surface area contributed by atoms with Gasteiger partial charge in [0.1, 0.15) is 0 Å². The second-order valence-corrected chi connectivity index (χ2v) is 5.42. The summed E-state index contributed by atoms with van der Waals surface area (Å²) in [6.07, 6.45) is 3.92. The van der Waals surface area contributed by atoms with Crippen LogP contribution in [0.4, 0.5) is 0 Å². The molecule has 1 aromatic carbocycles. The highest BCUT2D eigenvalue weighted by molar-refractivity contribution is 5.85. The van der Waals surface area contributed by atoms with Crippen LogP contribution in [0.3, 0.4) is 0 Å². The average Bonchev–Trinajstić information content (AvgIpc) is 2.46. The Morgan fingerprint density at radius 1 is 1.25 bits per heavy atom. The minimum atomic E-state index is 0.147. The van der Waals surface area contributed by atoms with Gasteiger partial charge in [-0.15, -0.1) is 0 Å². The summed E-state index contributed by atoms with van der Waals surface area (Å²) in [5.41, 5.74) is 1.28. The largest absolute Gasteiger partial charge is 0.379 e. The van der Waals surface area contributed by atoms with Gasteiger partial charge in [0.2, 0.25) is 0 Å². The molecule has 0 aliphatic rings. The van der Waals surface area contributed by atoms with E-state index >= 15 is 0 Å². The number of aromatic nitrogens is 1. The first-order valence-corrected chi connectivity index (χ1v) is 7.27. The number of benzene rings is 1. The maximum Gasteiger partial charge on any atom is 0.0788 e. The Bertz CT molecular complexity index is 548. The van der Waals surface area contributed by atoms with E-state index in [1.54, 1.807) is 7.11 Å². The molecule has 0 saturated heterocycles. The van der Waals surface area contributed by atoms with E-state index in [2.05, 4.69) is 55.3 Å². The van der Waals surface area contributed by atoms with Crippen LogP contribution in [0.25, 0.3) is 10.8 Å². The van der Waals surface area contributed by atoms with E-state index in [9.17, 15) is 0 Å². The molecule has 1 heterocycles. The van der Waals surface area contributed by atoms with Crippen LogP contribution in [0.5, 0.6) is 0 Å². The molecular weight excluding hydrogens is 248 g/mol. The average molecular weight is 272 g/mol. The highest BCUT2D eigenvalue weighted by Crippen LogP contribution is 2.29. The predicted octanol–water partition coefficient (Wildman–Crippen LogP) is 3.56. The van der Waals surface area contributed by atoms with Crippen LogP contribution in [0, 0.1) is 5.92 Å². The number of nitrogens with zero attached hydrogens (tertiary/aromatic N) is 1. The number of rotatable bonds is 6. The summed E-state index contributed by atoms with van der Waals surface area (Å²) in [5, 5.41) is 6.00. The van der Waals surface area contributed by atoms with E-state index in [0.717, 1.165) is 6.54 Å². The van der Waals surface area contributed by atoms with Crippen molar-refractivity contribution in [2.75, 3.05) is 13.7 Å². The zero-order valence-electron chi connectivity index (χ0n) is 12.8. The fraction of sp³-hybridized carbons (Fsp3) is 0.471. The second kappa shape index (κ2) is 6.82. The summed E-state index contributed by atoms with van der Waals surface area (Å²) in [5.74, 6) is 0.446. The van der Waals surface area contributed by atoms with Crippen LogP contribution >= 0.6 is 0 Å². The van der Waals surface area contributed by atoms with Gasteiger partial charge in [0.05, 0.1) is 12.1 Å². The van der Waals surface area contributed by atoms with E-state index in [1.807, 2.05) is 12.4 Å². The van der Waals surface area contributed by atoms with Crippen LogP contribution < -0.4 is 5.32 Å². The number of fused-ring (bicyclic) bond motifs is 1. The lowest BCUT2D eigenvalue weighted by molar-refractivity contribution is 0.0335. The topological polar surface area (TPSA) is 34.2 Å². The summed E-state index contributed by atoms with van der Waals surface area (Å²) >= 11 is 0. The van der Waals surface area contributed by atoms with Gasteiger partial charge in [-0.1, -0.05) is 39.0 Å². The Balaban J connectivity index is 2.51. The molecule has 1 N–H and O–H groups in total. The number of pyridine rings is 1. The Labute approximate surface area is 121 Å². The molecule has 1 aromatic heterocycles. The zero-order valence-corrected chi connectivity index (χ0v) is 12.8. The highest BCUT2D eigenvalue weighted by atomic mass is 16.5. The molecule has 20 heavy (non-hydrogen) atoms. The molecule has 0 bridgehead atoms. The number of methoxy groups -OCH3 is 1. The third kappa shape index (κ3) is 3.00. The van der Waals surface area contributed by atoms with Crippen molar-refractivity contribution >= 4 is 10.8 Å². The fourth-order valence-corrected chi connectivity index (χ4v) is 2.83. The lowest BCUT2D eigenvalue weighted by atomic mass is 9.90. The Morgan fingerprint density at radius 2 is 2.05 bits per heavy atom. The van der Waals surface area contributed by atoms with Crippen LogP contribution in [0.2, 0.25) is 0 Å². The molecule has 108 valence electrons. The lowest BCUT2D eigenvalue weighted by Crippen LogP contribution is -2.36. The minimum Gasteiger partial charge on any atom is -0.379 e. The number of hydrogen-bond acceptors (Lipinski definition) is 3. The normalized spacial score (nSPS) is 14.7. The first-order valence-electron chi connectivity index (χ1n) is 7.27. The van der Waals surface area contributed by atoms with Gasteiger partial charge < -0.3 is 10.1 Å². The van der Waals surface area contributed by atoms with E-state index < -0.39 is 0 Å². The van der Waals surface area contributed by atoms with E-state index in [0.29, 0.717) is 5.92 Å². The molecule has 2 rings (SSSR count). The van der Waals surface area contributed by atoms with Crippen molar-refractivity contribution in [3.63, 3.8) is 0 Å². The maximum atomic E-state index is 5.75. The summed E-state index contributed by atoms with van der Waals surface area (Å²) in [6.45, 7) is 7.45. The molecule has 3 nitrogen and oxygen atoms in total. The van der Waals surface area contributed by atoms with E-state index in [1.165, 1.54) is 16.3 Å². The minimum absolute atomic E-state index is 0.147. The highest BCUT2D eigenvalue weighted by Gasteiger charge is 2.26. The SMILES string of the molecule is CCNC(c1cccc2cnccc12)C(OC)C(C)C. The Hall–Kier alpha value is -1.45. The molecule has 0 aliphatic heterocycles. The fourth-order valence-electron chi connectivity index (χ4n) is 2.83. The van der Waals surface area contributed by atoms with Crippen molar-refractivity contribution in [2.24, 2.45) is 5.92 Å². The van der Waals surface area contributed by atoms with Crippen molar-refractivity contribution in [2.45, 2.75) is 32.9 Å². The van der Waals surface area contributed by atoms with Crippen LogP contribution in [0.15, 0.2) is 36.7 Å². The van der Waals surface area contributed by atoms with Gasteiger partial charge in [-0.2, -0.15) is 0 Å². The third-order valence-electron chi connectivity index (χ3n) is 3.73. The van der Waals surface area contributed by atoms with Gasteiger partial charge in [-0.3, -0.25) is 4.98 Å². The van der Waals surface area contributed by atoms with Gasteiger partial charge in [0.25, 0.3) is 0 Å². The first kappa shape index (κ1) is 14.9. The van der Waals surface area contributed by atoms with E-state index in [4.69, 9.17) is 4.74 Å². The molecule has 0 spiro atoms. The predicted molar refractivity (Wildman–Crippen MR) is 83.8 cm³/mol. The molecule has 0 fully saturated rings. The second-order valence-electron chi connectivity index (χ2n) is 5.42. The van der Waals surface area contributed by atoms with Crippen LogP contribution in [-0.2, 0) is 4.74 Å². The van der Waals surface area contributed by atoms with Crippen LogP contribution in [0.1, 0.15) is 32.4 Å². The number of hydrogen-bond donors (Lipinski definition) is 1. The van der Waals surface area contributed by atoms with Gasteiger partial charge in [0.15, 0.2) is 0 Å². The standard InChI is InChI=1S/C17H24N2O/c1-5-19-16(17(20-4)12(2)3)15-8-6-7-13-11-18-10-9-14(13)15/h6-12,16-17,19H,5H2,1-4H3. The zero-order chi connectivity index (χ0) is 14.5. The summed E-state index contributed by atoms with van der Waals surface area (Å²) < 4.78 is 5.75. The molecule has 0 amide bonds. The van der Waals surface area contributed by atoms with Crippen LogP contribution in [-0.4, -0.2) is 24.7 Å². The number of ether oxygens (including phenoxy) is 1. The maximum absolute atomic E-state index is 5.75. The molecule has 0 saturated carbocycles.